The number of rotatable bonds is 2. The van der Waals surface area contributed by atoms with E-state index in [0.717, 1.165) is 28.8 Å². The first-order chi connectivity index (χ1) is 10.6. The Hall–Kier alpha value is -1.74. The lowest BCUT2D eigenvalue weighted by Gasteiger charge is -2.27. The summed E-state index contributed by atoms with van der Waals surface area (Å²) < 4.78 is 38.5. The number of nitrogens with zero attached hydrogens (tertiary/aromatic N) is 2. The van der Waals surface area contributed by atoms with Crippen molar-refractivity contribution in [1.82, 2.24) is 4.90 Å². The molecule has 0 radical (unpaired) electrons. The van der Waals surface area contributed by atoms with Crippen molar-refractivity contribution in [3.63, 3.8) is 0 Å². The molecule has 1 N–H and O–H groups in total. The highest BCUT2D eigenvalue weighted by Gasteiger charge is 2.35. The first-order valence-electron chi connectivity index (χ1n) is 6.21. The zero-order valence-electron chi connectivity index (χ0n) is 11.6. The molecule has 1 fully saturated rings. The number of aliphatic imine (C=N–C) groups is 1. The van der Waals surface area contributed by atoms with Crippen LogP contribution in [0, 0.1) is 0 Å². The molecule has 1 heterocycles. The van der Waals surface area contributed by atoms with Crippen LogP contribution >= 0.6 is 23.4 Å². The molecule has 124 valence electrons. The smallest absolute Gasteiger partial charge is 0.417 e. The minimum absolute atomic E-state index is 0.0177. The van der Waals surface area contributed by atoms with E-state index in [-0.39, 0.29) is 17.3 Å². The van der Waals surface area contributed by atoms with Crippen molar-refractivity contribution in [2.45, 2.75) is 17.8 Å². The summed E-state index contributed by atoms with van der Waals surface area (Å²) in [4.78, 5) is 27.9. The molecule has 10 heteroatoms. The zero-order valence-corrected chi connectivity index (χ0v) is 13.2. The Kier molecular flexibility index (Phi) is 4.90. The molecule has 1 aromatic carbocycles. The molecule has 1 aromatic rings. The van der Waals surface area contributed by atoms with Crippen molar-refractivity contribution in [2.24, 2.45) is 4.99 Å². The second-order valence-corrected chi connectivity index (χ2v) is 6.23. The number of amides is 1. The van der Waals surface area contributed by atoms with Crippen LogP contribution in [0.3, 0.4) is 0 Å². The predicted octanol–water partition coefficient (Wildman–Crippen LogP) is 3.39. The number of benzene rings is 1. The number of carbonyl (C=O) groups excluding carboxylic acids is 1. The van der Waals surface area contributed by atoms with Gasteiger partial charge in [0.05, 0.1) is 22.7 Å². The number of carboxylic acid groups (broad SMARTS) is 1. The third kappa shape index (κ3) is 3.97. The second kappa shape index (κ2) is 6.40. The highest BCUT2D eigenvalue weighted by atomic mass is 35.5. The average molecular weight is 367 g/mol. The quantitative estimate of drug-likeness (QED) is 0.871. The molecule has 1 saturated heterocycles. The molecule has 0 bridgehead atoms. The first-order valence-corrected chi connectivity index (χ1v) is 7.47. The molecule has 1 aliphatic heterocycles. The van der Waals surface area contributed by atoms with Gasteiger partial charge >= 0.3 is 12.1 Å². The van der Waals surface area contributed by atoms with Gasteiger partial charge in [-0.1, -0.05) is 23.4 Å². The van der Waals surface area contributed by atoms with Crippen LogP contribution in [-0.2, 0) is 15.8 Å². The van der Waals surface area contributed by atoms with Crippen molar-refractivity contribution in [3.8, 4) is 0 Å². The summed E-state index contributed by atoms with van der Waals surface area (Å²) in [6.07, 6.45) is -4.84. The highest BCUT2D eigenvalue weighted by Crippen LogP contribution is 2.37. The normalized spacial score (nSPS) is 20.9. The van der Waals surface area contributed by atoms with E-state index in [9.17, 15) is 22.8 Å². The highest BCUT2D eigenvalue weighted by molar-refractivity contribution is 8.15. The predicted molar refractivity (Wildman–Crippen MR) is 80.0 cm³/mol. The summed E-state index contributed by atoms with van der Waals surface area (Å²) >= 11 is 6.33. The van der Waals surface area contributed by atoms with E-state index in [1.807, 2.05) is 0 Å². The van der Waals surface area contributed by atoms with E-state index in [2.05, 4.69) is 4.99 Å². The SMILES string of the molecule is CN1C(=O)C[C@H](C(=O)O)SC1=Nc1ccc(Cl)c(C(F)(F)F)c1. The van der Waals surface area contributed by atoms with Gasteiger partial charge in [0.1, 0.15) is 5.25 Å². The zero-order chi connectivity index (χ0) is 17.4. The van der Waals surface area contributed by atoms with Crippen LogP contribution in [0.5, 0.6) is 0 Å². The molecule has 0 aromatic heterocycles. The molecule has 2 rings (SSSR count). The van der Waals surface area contributed by atoms with Crippen LogP contribution in [-0.4, -0.2) is 39.3 Å². The lowest BCUT2D eigenvalue weighted by atomic mass is 10.2. The van der Waals surface area contributed by atoms with E-state index in [1.54, 1.807) is 0 Å². The van der Waals surface area contributed by atoms with Gasteiger partial charge in [-0.25, -0.2) is 4.99 Å². The summed E-state index contributed by atoms with van der Waals surface area (Å²) in [7, 11) is 1.38. The fourth-order valence-corrected chi connectivity index (χ4v) is 3.02. The van der Waals surface area contributed by atoms with Gasteiger partial charge < -0.3 is 5.11 Å². The fourth-order valence-electron chi connectivity index (χ4n) is 1.80. The summed E-state index contributed by atoms with van der Waals surface area (Å²) in [5, 5.41) is 7.53. The first kappa shape index (κ1) is 17.6. The third-order valence-corrected chi connectivity index (χ3v) is 4.58. The van der Waals surface area contributed by atoms with Gasteiger partial charge in [-0.3, -0.25) is 14.5 Å². The number of hydrogen-bond acceptors (Lipinski definition) is 4. The summed E-state index contributed by atoms with van der Waals surface area (Å²) in [5.74, 6) is -1.66. The number of thioether (sulfide) groups is 1. The summed E-state index contributed by atoms with van der Waals surface area (Å²) in [5.41, 5.74) is -1.12. The molecule has 23 heavy (non-hydrogen) atoms. The van der Waals surface area contributed by atoms with Crippen molar-refractivity contribution in [2.75, 3.05) is 7.05 Å². The van der Waals surface area contributed by atoms with Crippen molar-refractivity contribution >= 4 is 46.1 Å². The van der Waals surface area contributed by atoms with E-state index in [4.69, 9.17) is 16.7 Å². The van der Waals surface area contributed by atoms with Crippen LogP contribution < -0.4 is 0 Å². The minimum atomic E-state index is -4.64. The Balaban J connectivity index is 2.40. The van der Waals surface area contributed by atoms with Crippen molar-refractivity contribution < 1.29 is 27.9 Å². The van der Waals surface area contributed by atoms with E-state index in [0.29, 0.717) is 0 Å². The van der Waals surface area contributed by atoms with Gasteiger partial charge in [-0.05, 0) is 18.2 Å². The number of aliphatic carboxylic acids is 1. The molecule has 5 nitrogen and oxygen atoms in total. The number of alkyl halides is 3. The number of hydrogen-bond donors (Lipinski definition) is 1. The minimum Gasteiger partial charge on any atom is -0.480 e. The van der Waals surface area contributed by atoms with Gasteiger partial charge in [0, 0.05) is 7.05 Å². The fraction of sp³-hybridized carbons (Fsp3) is 0.308. The van der Waals surface area contributed by atoms with Crippen molar-refractivity contribution in [1.29, 1.82) is 0 Å². The third-order valence-electron chi connectivity index (χ3n) is 3.02. The van der Waals surface area contributed by atoms with Crippen LogP contribution in [0.15, 0.2) is 23.2 Å². The molecular formula is C13H10ClF3N2O3S. The molecule has 1 aliphatic rings. The van der Waals surface area contributed by atoms with Crippen LogP contribution in [0.25, 0.3) is 0 Å². The molecule has 0 unspecified atom stereocenters. The Morgan fingerprint density at radius 3 is 2.70 bits per heavy atom. The van der Waals surface area contributed by atoms with Crippen LogP contribution in [0.2, 0.25) is 5.02 Å². The standard InChI is InChI=1S/C13H10ClF3N2O3S/c1-19-10(20)5-9(11(21)22)23-12(19)18-6-2-3-8(14)7(4-6)13(15,16)17/h2-4,9H,5H2,1H3,(H,21,22)/t9-/m1/s1. The van der Waals surface area contributed by atoms with Gasteiger partial charge in [-0.2, -0.15) is 13.2 Å². The number of amidine groups is 1. The topological polar surface area (TPSA) is 70.0 Å². The Bertz CT molecular complexity index is 694. The van der Waals surface area contributed by atoms with Gasteiger partial charge in [0.15, 0.2) is 5.17 Å². The molecular weight excluding hydrogens is 357 g/mol. The Labute approximate surface area is 138 Å². The van der Waals surface area contributed by atoms with Crippen molar-refractivity contribution in [3.05, 3.63) is 28.8 Å². The molecule has 1 atom stereocenters. The van der Waals surface area contributed by atoms with E-state index >= 15 is 0 Å². The maximum absolute atomic E-state index is 12.8. The lowest BCUT2D eigenvalue weighted by molar-refractivity contribution is -0.139. The van der Waals surface area contributed by atoms with Crippen LogP contribution in [0.1, 0.15) is 12.0 Å². The number of carbonyl (C=O) groups is 2. The molecule has 1 amide bonds. The number of halogens is 4. The van der Waals surface area contributed by atoms with Gasteiger partial charge in [-0.15, -0.1) is 0 Å². The Morgan fingerprint density at radius 2 is 2.13 bits per heavy atom. The van der Waals surface area contributed by atoms with E-state index in [1.165, 1.54) is 13.1 Å². The van der Waals surface area contributed by atoms with Gasteiger partial charge in [0.25, 0.3) is 0 Å². The summed E-state index contributed by atoms with van der Waals surface area (Å²) in [6, 6.07) is 3.06. The molecule has 0 saturated carbocycles. The van der Waals surface area contributed by atoms with E-state index < -0.39 is 33.9 Å². The van der Waals surface area contributed by atoms with Gasteiger partial charge in [0.2, 0.25) is 5.91 Å². The average Bonchev–Trinajstić information content (AvgIpc) is 2.44. The maximum Gasteiger partial charge on any atom is 0.417 e. The lowest BCUT2D eigenvalue weighted by Crippen LogP contribution is -2.41. The molecule has 0 aliphatic carbocycles. The second-order valence-electron chi connectivity index (χ2n) is 4.66. The molecule has 0 spiro atoms. The maximum atomic E-state index is 12.8. The monoisotopic (exact) mass is 366 g/mol. The Morgan fingerprint density at radius 1 is 1.48 bits per heavy atom. The number of carboxylic acids is 1. The largest absolute Gasteiger partial charge is 0.480 e. The van der Waals surface area contributed by atoms with Crippen LogP contribution in [0.4, 0.5) is 18.9 Å². The summed E-state index contributed by atoms with van der Waals surface area (Å²) in [6.45, 7) is 0.